The van der Waals surface area contributed by atoms with Gasteiger partial charge in [0.1, 0.15) is 48.8 Å². The summed E-state index contributed by atoms with van der Waals surface area (Å²) in [5, 5.41) is 6.78. The molecule has 14 heteroatoms. The van der Waals surface area contributed by atoms with Crippen molar-refractivity contribution in [3.8, 4) is 11.5 Å². The lowest BCUT2D eigenvalue weighted by Gasteiger charge is -2.10. The zero-order valence-electron chi connectivity index (χ0n) is 30.3. The van der Waals surface area contributed by atoms with Gasteiger partial charge in [-0.1, -0.05) is 36.4 Å². The van der Waals surface area contributed by atoms with Gasteiger partial charge in [0.25, 0.3) is 0 Å². The molecular weight excluding hydrogens is 709 g/mol. The van der Waals surface area contributed by atoms with Crippen molar-refractivity contribution in [3.05, 3.63) is 131 Å². The van der Waals surface area contributed by atoms with Crippen LogP contribution in [0.3, 0.4) is 0 Å². The monoisotopic (exact) mass is 753 g/mol. The van der Waals surface area contributed by atoms with Crippen LogP contribution in [0.4, 0.5) is 8.78 Å². The predicted molar refractivity (Wildman–Crippen MR) is 205 cm³/mol. The number of Topliss-reactive ketones (excluding diaryl/α,β-unsaturated/α-hetero) is 1. The minimum atomic E-state index is -0.751. The second kappa shape index (κ2) is 22.4. The van der Waals surface area contributed by atoms with Gasteiger partial charge >= 0.3 is 7.48 Å². The van der Waals surface area contributed by atoms with Gasteiger partial charge in [0, 0.05) is 42.0 Å². The van der Waals surface area contributed by atoms with Gasteiger partial charge in [0.15, 0.2) is 5.78 Å². The number of nitrogens with zero attached hydrogens (tertiary/aromatic N) is 1. The van der Waals surface area contributed by atoms with E-state index >= 15 is 0 Å². The van der Waals surface area contributed by atoms with E-state index in [1.807, 2.05) is 24.3 Å². The Morgan fingerprint density at radius 3 is 1.84 bits per heavy atom. The smallest absolute Gasteiger partial charge is 0.384 e. The number of carbonyl (C=O) groups excluding carboxylic acids is 3. The normalized spacial score (nSPS) is 14.8. The number of benzene rings is 4. The molecular formula is C41H44BF2N4O7. The SMILES string of the molecule is C1CCOC1.N=CO[B][C@@H](CCC(=O)c1ccc(OCc2ccccc2F)cc1)C(N)=O.NC(=O)[C@@H]1CCC(c2ccc(OCc3ccccc3F)cc2)=N1. The molecule has 4 aromatic carbocycles. The molecule has 2 aliphatic heterocycles. The third kappa shape index (κ3) is 14.1. The molecule has 55 heavy (non-hydrogen) atoms. The number of nitrogens with one attached hydrogen (secondary N) is 1. The summed E-state index contributed by atoms with van der Waals surface area (Å²) in [5.74, 6) is -1.37. The molecule has 2 heterocycles. The maximum absolute atomic E-state index is 13.6. The molecule has 287 valence electrons. The summed E-state index contributed by atoms with van der Waals surface area (Å²) in [7, 11) is 1.14. The van der Waals surface area contributed by atoms with Crippen LogP contribution in [0, 0.1) is 17.0 Å². The number of nitrogens with two attached hydrogens (primary N) is 2. The van der Waals surface area contributed by atoms with Crippen molar-refractivity contribution in [3.63, 3.8) is 0 Å². The van der Waals surface area contributed by atoms with Gasteiger partial charge in [0.05, 0.1) is 5.82 Å². The van der Waals surface area contributed by atoms with E-state index < -0.39 is 17.8 Å². The first-order valence-electron chi connectivity index (χ1n) is 17.8. The Kier molecular flexibility index (Phi) is 17.0. The van der Waals surface area contributed by atoms with Crippen LogP contribution in [0.5, 0.6) is 11.5 Å². The van der Waals surface area contributed by atoms with E-state index in [0.717, 1.165) is 38.4 Å². The van der Waals surface area contributed by atoms with Crippen molar-refractivity contribution in [2.45, 2.75) is 63.6 Å². The molecule has 1 saturated heterocycles. The van der Waals surface area contributed by atoms with E-state index in [9.17, 15) is 23.2 Å². The lowest BCUT2D eigenvalue weighted by Crippen LogP contribution is -2.25. The third-order valence-corrected chi connectivity index (χ3v) is 8.55. The number of aliphatic imine (C=N–C) groups is 1. The number of amides is 2. The van der Waals surface area contributed by atoms with Crippen molar-refractivity contribution >= 4 is 37.2 Å². The van der Waals surface area contributed by atoms with Gasteiger partial charge in [-0.2, -0.15) is 0 Å². The van der Waals surface area contributed by atoms with Crippen LogP contribution in [-0.4, -0.2) is 56.4 Å². The van der Waals surface area contributed by atoms with Gasteiger partial charge in [-0.3, -0.25) is 24.8 Å². The fourth-order valence-corrected chi connectivity index (χ4v) is 5.40. The molecule has 0 bridgehead atoms. The van der Waals surface area contributed by atoms with Crippen molar-refractivity contribution in [2.75, 3.05) is 13.2 Å². The number of ketones is 1. The Balaban J connectivity index is 0.000000218. The molecule has 0 spiro atoms. The molecule has 6 rings (SSSR count). The molecule has 11 nitrogen and oxygen atoms in total. The molecule has 0 unspecified atom stereocenters. The minimum Gasteiger partial charge on any atom is -0.555 e. The second-order valence-electron chi connectivity index (χ2n) is 12.5. The molecule has 1 radical (unpaired) electrons. The van der Waals surface area contributed by atoms with Crippen molar-refractivity contribution in [2.24, 2.45) is 16.5 Å². The molecule has 0 aliphatic carbocycles. The van der Waals surface area contributed by atoms with Gasteiger partial charge in [-0.15, -0.1) is 0 Å². The number of hydrogen-bond donors (Lipinski definition) is 3. The van der Waals surface area contributed by atoms with Gasteiger partial charge in [0.2, 0.25) is 11.8 Å². The highest BCUT2D eigenvalue weighted by Crippen LogP contribution is 2.22. The van der Waals surface area contributed by atoms with Crippen LogP contribution in [0.25, 0.3) is 0 Å². The highest BCUT2D eigenvalue weighted by Gasteiger charge is 2.23. The molecule has 2 atom stereocenters. The molecule has 2 aliphatic rings. The summed E-state index contributed by atoms with van der Waals surface area (Å²) in [6.45, 7) is 2.26. The maximum Gasteiger partial charge on any atom is 0.384 e. The Labute approximate surface area is 319 Å². The fraction of sp³-hybridized carbons (Fsp3) is 0.293. The minimum absolute atomic E-state index is 0.0864. The van der Waals surface area contributed by atoms with Crippen molar-refractivity contribution < 1.29 is 42.0 Å². The van der Waals surface area contributed by atoms with E-state index in [-0.39, 0.29) is 49.4 Å². The van der Waals surface area contributed by atoms with Crippen LogP contribution in [0.2, 0.25) is 5.82 Å². The third-order valence-electron chi connectivity index (χ3n) is 8.55. The number of halogens is 2. The first-order chi connectivity index (χ1) is 26.6. The van der Waals surface area contributed by atoms with E-state index in [1.165, 1.54) is 25.0 Å². The summed E-state index contributed by atoms with van der Waals surface area (Å²) in [4.78, 5) is 39.0. The van der Waals surface area contributed by atoms with Crippen LogP contribution >= 0.6 is 0 Å². The molecule has 4 aromatic rings. The molecule has 0 aromatic heterocycles. The lowest BCUT2D eigenvalue weighted by atomic mass is 9.75. The maximum atomic E-state index is 13.6. The molecule has 0 saturated carbocycles. The summed E-state index contributed by atoms with van der Waals surface area (Å²) >= 11 is 0. The van der Waals surface area contributed by atoms with Crippen molar-refractivity contribution in [1.29, 1.82) is 5.41 Å². The summed E-state index contributed by atoms with van der Waals surface area (Å²) in [6.07, 6.45) is 4.92. The number of ether oxygens (including phenoxy) is 3. The number of rotatable bonds is 16. The average molecular weight is 754 g/mol. The summed E-state index contributed by atoms with van der Waals surface area (Å²) in [5.41, 5.74) is 13.8. The first-order valence-corrected chi connectivity index (χ1v) is 17.8. The predicted octanol–water partition coefficient (Wildman–Crippen LogP) is 6.52. The zero-order valence-corrected chi connectivity index (χ0v) is 30.3. The number of carbonyl (C=O) groups is 3. The molecule has 1 fully saturated rings. The summed E-state index contributed by atoms with van der Waals surface area (Å²) < 4.78 is 47.8. The molecule has 5 N–H and O–H groups in total. The Morgan fingerprint density at radius 1 is 0.836 bits per heavy atom. The fourth-order valence-electron chi connectivity index (χ4n) is 5.40. The quantitative estimate of drug-likeness (QED) is 0.0505. The Morgan fingerprint density at radius 2 is 1.38 bits per heavy atom. The van der Waals surface area contributed by atoms with Crippen LogP contribution in [-0.2, 0) is 32.2 Å². The first kappa shape index (κ1) is 41.9. The number of primary amides is 2. The Hall–Kier alpha value is -5.89. The van der Waals surface area contributed by atoms with Gasteiger partial charge < -0.3 is 30.3 Å². The Bertz CT molecular complexity index is 1880. The zero-order chi connectivity index (χ0) is 39.4. The largest absolute Gasteiger partial charge is 0.555 e. The highest BCUT2D eigenvalue weighted by atomic mass is 19.1. The second-order valence-corrected chi connectivity index (χ2v) is 12.5. The topological polar surface area (TPSA) is 176 Å². The van der Waals surface area contributed by atoms with Gasteiger partial charge in [-0.05, 0) is 98.3 Å². The van der Waals surface area contributed by atoms with Gasteiger partial charge in [-0.25, -0.2) is 8.78 Å². The van der Waals surface area contributed by atoms with Crippen molar-refractivity contribution in [1.82, 2.24) is 0 Å². The highest BCUT2D eigenvalue weighted by molar-refractivity contribution is 6.39. The van der Waals surface area contributed by atoms with E-state index in [1.54, 1.807) is 60.7 Å². The van der Waals surface area contributed by atoms with Crippen LogP contribution < -0.4 is 20.9 Å². The van der Waals surface area contributed by atoms with Crippen LogP contribution in [0.15, 0.2) is 102 Å². The van der Waals surface area contributed by atoms with E-state index in [4.69, 9.17) is 31.1 Å². The lowest BCUT2D eigenvalue weighted by molar-refractivity contribution is -0.119. The van der Waals surface area contributed by atoms with E-state index in [2.05, 4.69) is 9.65 Å². The van der Waals surface area contributed by atoms with Crippen LogP contribution in [0.1, 0.15) is 65.6 Å². The molecule has 2 amide bonds. The standard InChI is InChI=1S/C19H19BFN2O4.C18H17FN2O2.C4H8O/c21-17-4-2-1-3-14(17)11-26-15-7-5-13(6-8-15)18(24)10-9-16(19(23)25)20-27-12-22;19-15-4-2-1-3-13(15)11-23-14-7-5-12(6-8-14)16-9-10-17(21-16)18(20)22;1-2-4-5-3-1/h1-8,12,16,22H,9-11H2,(H2,23,25);1-8,17H,9-11H2,(H2,20,22);1-4H2/t16-;17-;/m00./s1. The summed E-state index contributed by atoms with van der Waals surface area (Å²) in [6, 6.07) is 26.3. The van der Waals surface area contributed by atoms with E-state index in [0.29, 0.717) is 41.0 Å². The average Bonchev–Trinajstić information content (AvgIpc) is 3.95. The number of hydrogen-bond acceptors (Lipinski definition) is 9.